The van der Waals surface area contributed by atoms with Crippen molar-refractivity contribution in [3.8, 4) is 11.3 Å². The lowest BCUT2D eigenvalue weighted by Gasteiger charge is -2.33. The van der Waals surface area contributed by atoms with E-state index in [9.17, 15) is 0 Å². The highest BCUT2D eigenvalue weighted by Gasteiger charge is 2.41. The van der Waals surface area contributed by atoms with Gasteiger partial charge in [-0.15, -0.1) is 11.3 Å². The maximum absolute atomic E-state index is 4.40. The van der Waals surface area contributed by atoms with E-state index in [2.05, 4.69) is 55.0 Å². The summed E-state index contributed by atoms with van der Waals surface area (Å²) in [4.78, 5) is 11.3. The van der Waals surface area contributed by atoms with Gasteiger partial charge >= 0.3 is 0 Å². The molecule has 168 valence electrons. The first-order valence-electron chi connectivity index (χ1n) is 12.4. The van der Waals surface area contributed by atoms with Crippen LogP contribution in [0.3, 0.4) is 0 Å². The Morgan fingerprint density at radius 3 is 2.75 bits per heavy atom. The Kier molecular flexibility index (Phi) is 4.76. The summed E-state index contributed by atoms with van der Waals surface area (Å²) in [6, 6.07) is 2.26. The van der Waals surface area contributed by atoms with Crippen LogP contribution >= 0.6 is 11.3 Å². The lowest BCUT2D eigenvalue weighted by atomic mass is 9.72. The van der Waals surface area contributed by atoms with Crippen molar-refractivity contribution in [1.82, 2.24) is 19.6 Å². The number of pyridine rings is 1. The summed E-state index contributed by atoms with van der Waals surface area (Å²) in [7, 11) is 0. The molecule has 2 aliphatic carbocycles. The topological polar surface area (TPSA) is 46.0 Å². The van der Waals surface area contributed by atoms with Crippen LogP contribution in [-0.2, 0) is 0 Å². The molecule has 0 radical (unpaired) electrons. The number of aryl methyl sites for hydroxylation is 2. The van der Waals surface area contributed by atoms with E-state index in [4.69, 9.17) is 0 Å². The van der Waals surface area contributed by atoms with E-state index < -0.39 is 0 Å². The maximum atomic E-state index is 4.40. The number of fused-ring (bicyclic) bond motifs is 2. The Morgan fingerprint density at radius 1 is 1.16 bits per heavy atom. The van der Waals surface area contributed by atoms with Crippen LogP contribution in [0, 0.1) is 19.3 Å². The van der Waals surface area contributed by atoms with Crippen LogP contribution in [0.25, 0.3) is 27.1 Å². The number of thiophene rings is 1. The maximum Gasteiger partial charge on any atom is 0.158 e. The minimum absolute atomic E-state index is 0.458. The lowest BCUT2D eigenvalue weighted by molar-refractivity contribution is 0.194. The first-order chi connectivity index (χ1) is 15.5. The molecule has 1 N–H and O–H groups in total. The van der Waals surface area contributed by atoms with E-state index in [1.165, 1.54) is 84.0 Å². The Bertz CT molecular complexity index is 1300. The van der Waals surface area contributed by atoms with Gasteiger partial charge in [-0.05, 0) is 86.0 Å². The van der Waals surface area contributed by atoms with Gasteiger partial charge in [-0.25, -0.2) is 9.50 Å². The first kappa shape index (κ1) is 20.5. The number of aromatic amines is 1. The largest absolute Gasteiger partial charge is 0.346 e. The van der Waals surface area contributed by atoms with Crippen LogP contribution in [0.2, 0.25) is 0 Å². The van der Waals surface area contributed by atoms with E-state index in [1.807, 2.05) is 15.9 Å². The molecule has 32 heavy (non-hydrogen) atoms. The van der Waals surface area contributed by atoms with Gasteiger partial charge in [0.05, 0.1) is 5.69 Å². The molecular weight excluding hydrogens is 412 g/mol. The van der Waals surface area contributed by atoms with Gasteiger partial charge in [0.15, 0.2) is 5.65 Å². The molecule has 2 aliphatic rings. The number of H-pyrrole nitrogens is 1. The molecule has 0 amide bonds. The van der Waals surface area contributed by atoms with Crippen molar-refractivity contribution in [3.05, 3.63) is 40.2 Å². The monoisotopic (exact) mass is 446 g/mol. The van der Waals surface area contributed by atoms with Crippen LogP contribution in [0.1, 0.15) is 98.6 Å². The molecule has 0 aliphatic heterocycles. The fourth-order valence-electron chi connectivity index (χ4n) is 6.86. The predicted octanol–water partition coefficient (Wildman–Crippen LogP) is 7.90. The molecule has 4 nitrogen and oxygen atoms in total. The highest BCUT2D eigenvalue weighted by Crippen LogP contribution is 2.56. The Morgan fingerprint density at radius 2 is 1.97 bits per heavy atom. The quantitative estimate of drug-likeness (QED) is 0.348. The van der Waals surface area contributed by atoms with Crippen molar-refractivity contribution in [1.29, 1.82) is 0 Å². The van der Waals surface area contributed by atoms with E-state index in [0.29, 0.717) is 11.3 Å². The summed E-state index contributed by atoms with van der Waals surface area (Å²) in [6.45, 7) is 9.17. The fourth-order valence-corrected chi connectivity index (χ4v) is 8.22. The summed E-state index contributed by atoms with van der Waals surface area (Å²) in [5.74, 6) is 1.22. The van der Waals surface area contributed by atoms with Gasteiger partial charge in [-0.3, -0.25) is 0 Å². The third-order valence-electron chi connectivity index (χ3n) is 8.37. The zero-order chi connectivity index (χ0) is 22.0. The van der Waals surface area contributed by atoms with Gasteiger partial charge < -0.3 is 4.98 Å². The minimum Gasteiger partial charge on any atom is -0.346 e. The number of nitrogens with zero attached hydrogens (tertiary/aromatic N) is 3. The number of aromatic nitrogens is 4. The third kappa shape index (κ3) is 3.07. The number of rotatable bonds is 3. The molecule has 5 heteroatoms. The van der Waals surface area contributed by atoms with Crippen molar-refractivity contribution in [2.75, 3.05) is 0 Å². The number of hydrogen-bond donors (Lipinski definition) is 1. The molecule has 1 atom stereocenters. The van der Waals surface area contributed by atoms with Crippen LogP contribution in [0.15, 0.2) is 18.6 Å². The van der Waals surface area contributed by atoms with Crippen LogP contribution < -0.4 is 0 Å². The number of hydrogen-bond acceptors (Lipinski definition) is 3. The lowest BCUT2D eigenvalue weighted by Crippen LogP contribution is -2.20. The molecule has 0 aromatic carbocycles. The standard InChI is InChI=1S/C27H34N4S/c1-16(2)21-22-18(4)24(19-8-11-27(13-19)9-6-5-7-10-27)32-26(22)30-23(21)20-12-17(3)25-28-15-29-31(25)14-20/h12,14-16,19,30H,5-11,13H2,1-4H3. The van der Waals surface area contributed by atoms with Crippen molar-refractivity contribution in [2.24, 2.45) is 5.41 Å². The molecule has 0 bridgehead atoms. The van der Waals surface area contributed by atoms with Crippen LogP contribution in [-0.4, -0.2) is 19.6 Å². The molecule has 0 saturated heterocycles. The van der Waals surface area contributed by atoms with E-state index >= 15 is 0 Å². The molecule has 6 rings (SSSR count). The fraction of sp³-hybridized carbons (Fsp3) is 0.556. The molecule has 4 aromatic rings. The van der Waals surface area contributed by atoms with Gasteiger partial charge in [0.25, 0.3) is 0 Å². The van der Waals surface area contributed by atoms with Crippen molar-refractivity contribution in [2.45, 2.75) is 90.9 Å². The van der Waals surface area contributed by atoms with Crippen molar-refractivity contribution in [3.63, 3.8) is 0 Å². The molecule has 4 heterocycles. The summed E-state index contributed by atoms with van der Waals surface area (Å²) in [5.41, 5.74) is 8.21. The third-order valence-corrected chi connectivity index (χ3v) is 9.74. The summed E-state index contributed by atoms with van der Waals surface area (Å²) in [6.07, 6.45) is 15.3. The van der Waals surface area contributed by atoms with Gasteiger partial charge in [-0.2, -0.15) is 5.10 Å². The summed E-state index contributed by atoms with van der Waals surface area (Å²) < 4.78 is 1.91. The average Bonchev–Trinajstić information content (AvgIpc) is 3.53. The van der Waals surface area contributed by atoms with Gasteiger partial charge in [-0.1, -0.05) is 33.1 Å². The second kappa shape index (κ2) is 7.44. The smallest absolute Gasteiger partial charge is 0.158 e. The van der Waals surface area contributed by atoms with Gasteiger partial charge in [0.2, 0.25) is 0 Å². The van der Waals surface area contributed by atoms with Crippen LogP contribution in [0.5, 0.6) is 0 Å². The molecule has 2 fully saturated rings. The highest BCUT2D eigenvalue weighted by atomic mass is 32.1. The molecule has 1 spiro atoms. The van der Waals surface area contributed by atoms with Gasteiger partial charge in [0.1, 0.15) is 11.2 Å². The zero-order valence-corrected chi connectivity index (χ0v) is 20.6. The Balaban J connectivity index is 1.44. The molecule has 2 saturated carbocycles. The van der Waals surface area contributed by atoms with Crippen LogP contribution in [0.4, 0.5) is 0 Å². The van der Waals surface area contributed by atoms with Crippen molar-refractivity contribution >= 4 is 27.2 Å². The summed E-state index contributed by atoms with van der Waals surface area (Å²) >= 11 is 2.03. The second-order valence-corrected chi connectivity index (χ2v) is 11.9. The Labute approximate surface area is 194 Å². The van der Waals surface area contributed by atoms with E-state index in [-0.39, 0.29) is 0 Å². The highest BCUT2D eigenvalue weighted by molar-refractivity contribution is 7.19. The van der Waals surface area contributed by atoms with E-state index in [1.54, 1.807) is 11.2 Å². The zero-order valence-electron chi connectivity index (χ0n) is 19.8. The SMILES string of the molecule is Cc1c(C2CCC3(CCCCC3)C2)sc2[nH]c(-c3cc(C)c4ncnn4c3)c(C(C)C)c12. The van der Waals surface area contributed by atoms with E-state index in [0.717, 1.165) is 17.1 Å². The average molecular weight is 447 g/mol. The predicted molar refractivity (Wildman–Crippen MR) is 134 cm³/mol. The normalized spacial score (nSPS) is 21.0. The first-order valence-corrected chi connectivity index (χ1v) is 13.2. The molecule has 4 aromatic heterocycles. The molecular formula is C27H34N4S. The minimum atomic E-state index is 0.458. The number of nitrogens with one attached hydrogen (secondary N) is 1. The summed E-state index contributed by atoms with van der Waals surface area (Å²) in [5, 5.41) is 5.88. The van der Waals surface area contributed by atoms with Crippen molar-refractivity contribution < 1.29 is 0 Å². The second-order valence-electron chi connectivity index (χ2n) is 10.8. The molecule has 1 unspecified atom stereocenters. The Hall–Kier alpha value is -2.14. The van der Waals surface area contributed by atoms with Gasteiger partial charge in [0, 0.05) is 22.0 Å².